The van der Waals surface area contributed by atoms with E-state index in [1.807, 2.05) is 19.1 Å². The highest BCUT2D eigenvalue weighted by Gasteiger charge is 2.30. The molecular formula is C17H17N3O3S. The number of amides is 3. The van der Waals surface area contributed by atoms with Crippen molar-refractivity contribution in [3.63, 3.8) is 0 Å². The van der Waals surface area contributed by atoms with Crippen LogP contribution < -0.4 is 5.32 Å². The monoisotopic (exact) mass is 343 g/mol. The number of hydrogen-bond acceptors (Lipinski definition) is 5. The third-order valence-corrected chi connectivity index (χ3v) is 4.63. The molecule has 2 aromatic rings. The number of carbonyl (C=O) groups excluding carboxylic acids is 3. The van der Waals surface area contributed by atoms with Crippen LogP contribution in [0.2, 0.25) is 0 Å². The maximum absolute atomic E-state index is 12.0. The van der Waals surface area contributed by atoms with Crippen LogP contribution in [0.1, 0.15) is 28.8 Å². The van der Waals surface area contributed by atoms with Gasteiger partial charge in [-0.15, -0.1) is 11.3 Å². The van der Waals surface area contributed by atoms with Crippen molar-refractivity contribution in [3.05, 3.63) is 46.5 Å². The number of aryl methyl sites for hydroxylation is 1. The molecule has 3 amide bonds. The summed E-state index contributed by atoms with van der Waals surface area (Å²) in [7, 11) is 0. The van der Waals surface area contributed by atoms with Crippen LogP contribution in [0.5, 0.6) is 0 Å². The van der Waals surface area contributed by atoms with E-state index in [1.165, 1.54) is 22.5 Å². The predicted molar refractivity (Wildman–Crippen MR) is 90.7 cm³/mol. The zero-order chi connectivity index (χ0) is 17.1. The van der Waals surface area contributed by atoms with E-state index >= 15 is 0 Å². The Balaban J connectivity index is 1.58. The maximum Gasteiger partial charge on any atom is 0.246 e. The highest BCUT2D eigenvalue weighted by atomic mass is 32.1. The number of carbonyl (C=O) groups is 3. The average molecular weight is 343 g/mol. The minimum absolute atomic E-state index is 0.185. The van der Waals surface area contributed by atoms with Gasteiger partial charge in [-0.3, -0.25) is 19.3 Å². The fourth-order valence-electron chi connectivity index (χ4n) is 2.57. The zero-order valence-electron chi connectivity index (χ0n) is 13.2. The third kappa shape index (κ3) is 3.86. The van der Waals surface area contributed by atoms with Gasteiger partial charge < -0.3 is 5.32 Å². The van der Waals surface area contributed by atoms with Crippen molar-refractivity contribution < 1.29 is 14.4 Å². The van der Waals surface area contributed by atoms with Crippen molar-refractivity contribution in [1.82, 2.24) is 9.88 Å². The zero-order valence-corrected chi connectivity index (χ0v) is 14.1. The number of likely N-dealkylation sites (tertiary alicyclic amines) is 1. The van der Waals surface area contributed by atoms with Crippen LogP contribution in [0, 0.1) is 6.92 Å². The average Bonchev–Trinajstić information content (AvgIpc) is 3.08. The number of anilines is 1. The van der Waals surface area contributed by atoms with Crippen LogP contribution in [-0.4, -0.2) is 34.2 Å². The molecule has 0 bridgehead atoms. The molecule has 0 atom stereocenters. The molecule has 124 valence electrons. The Bertz CT molecular complexity index is 784. The quantitative estimate of drug-likeness (QED) is 0.844. The molecule has 3 rings (SSSR count). The summed E-state index contributed by atoms with van der Waals surface area (Å²) in [4.78, 5) is 41.2. The third-order valence-electron chi connectivity index (χ3n) is 3.72. The van der Waals surface area contributed by atoms with E-state index in [0.717, 1.165) is 16.2 Å². The number of thiazole rings is 1. The first-order chi connectivity index (χ1) is 11.5. The second-order valence-corrected chi connectivity index (χ2v) is 6.83. The smallest absolute Gasteiger partial charge is 0.246 e. The summed E-state index contributed by atoms with van der Waals surface area (Å²) in [6.07, 6.45) is 2.85. The number of rotatable bonds is 5. The van der Waals surface area contributed by atoms with Gasteiger partial charge >= 0.3 is 0 Å². The van der Waals surface area contributed by atoms with Crippen molar-refractivity contribution >= 4 is 34.2 Å². The molecule has 1 aliphatic heterocycles. The van der Waals surface area contributed by atoms with Crippen LogP contribution in [0.4, 0.5) is 5.13 Å². The molecule has 1 aromatic heterocycles. The Morgan fingerprint density at radius 2 is 2.04 bits per heavy atom. The van der Waals surface area contributed by atoms with Gasteiger partial charge in [0.05, 0.1) is 0 Å². The van der Waals surface area contributed by atoms with Crippen LogP contribution in [-0.2, 0) is 20.8 Å². The van der Waals surface area contributed by atoms with Gasteiger partial charge in [0.25, 0.3) is 0 Å². The number of hydrogen-bond donors (Lipinski definition) is 1. The number of nitrogens with one attached hydrogen (secondary N) is 1. The molecule has 0 spiro atoms. The molecule has 0 aliphatic carbocycles. The molecule has 1 N–H and O–H groups in total. The maximum atomic E-state index is 12.0. The van der Waals surface area contributed by atoms with E-state index in [4.69, 9.17) is 0 Å². The second-order valence-electron chi connectivity index (χ2n) is 5.72. The lowest BCUT2D eigenvalue weighted by Crippen LogP contribution is -2.36. The molecule has 2 heterocycles. The predicted octanol–water partition coefficient (Wildman–Crippen LogP) is 2.13. The van der Waals surface area contributed by atoms with Gasteiger partial charge in [0, 0.05) is 30.3 Å². The normalized spacial score (nSPS) is 14.3. The Hall–Kier alpha value is -2.54. The lowest BCUT2D eigenvalue weighted by atomic mass is 10.1. The van der Waals surface area contributed by atoms with Crippen LogP contribution in [0.3, 0.4) is 0 Å². The highest BCUT2D eigenvalue weighted by molar-refractivity contribution is 7.15. The standard InChI is InChI=1S/C17H17N3O3S/c1-11-3-2-4-12(7-11)8-13-9-18-17(24-13)19-14(21)10-20-15(22)5-6-16(20)23/h2-4,7,9H,5-6,8,10H2,1H3,(H,18,19,21). The lowest BCUT2D eigenvalue weighted by molar-refractivity contribution is -0.141. The topological polar surface area (TPSA) is 79.4 Å². The Labute approximate surface area is 143 Å². The Morgan fingerprint density at radius 1 is 1.29 bits per heavy atom. The molecule has 1 saturated heterocycles. The molecular weight excluding hydrogens is 326 g/mol. The van der Waals surface area contributed by atoms with Crippen molar-refractivity contribution in [2.45, 2.75) is 26.2 Å². The number of nitrogens with zero attached hydrogens (tertiary/aromatic N) is 2. The Kier molecular flexibility index (Phi) is 4.71. The van der Waals surface area contributed by atoms with Gasteiger partial charge in [-0.05, 0) is 12.5 Å². The van der Waals surface area contributed by atoms with Crippen molar-refractivity contribution in [1.29, 1.82) is 0 Å². The van der Waals surface area contributed by atoms with E-state index in [-0.39, 0.29) is 31.2 Å². The molecule has 1 aliphatic rings. The molecule has 24 heavy (non-hydrogen) atoms. The number of aromatic nitrogens is 1. The summed E-state index contributed by atoms with van der Waals surface area (Å²) in [6, 6.07) is 8.22. The van der Waals surface area contributed by atoms with E-state index in [9.17, 15) is 14.4 Å². The summed E-state index contributed by atoms with van der Waals surface area (Å²) in [5, 5.41) is 3.12. The summed E-state index contributed by atoms with van der Waals surface area (Å²) in [5.74, 6) is -1.00. The molecule has 0 radical (unpaired) electrons. The minimum Gasteiger partial charge on any atom is -0.300 e. The summed E-state index contributed by atoms with van der Waals surface area (Å²) in [5.41, 5.74) is 2.38. The van der Waals surface area contributed by atoms with Gasteiger partial charge in [-0.2, -0.15) is 0 Å². The second kappa shape index (κ2) is 6.92. The summed E-state index contributed by atoms with van der Waals surface area (Å²) >= 11 is 1.39. The van der Waals surface area contributed by atoms with Gasteiger partial charge in [-0.25, -0.2) is 4.98 Å². The SMILES string of the molecule is Cc1cccc(Cc2cnc(NC(=O)CN3C(=O)CCC3=O)s2)c1. The molecule has 0 unspecified atom stereocenters. The van der Waals surface area contributed by atoms with Crippen LogP contribution >= 0.6 is 11.3 Å². The van der Waals surface area contributed by atoms with E-state index in [2.05, 4.69) is 22.4 Å². The van der Waals surface area contributed by atoms with Crippen molar-refractivity contribution in [2.75, 3.05) is 11.9 Å². The van der Waals surface area contributed by atoms with E-state index in [1.54, 1.807) is 6.20 Å². The summed E-state index contributed by atoms with van der Waals surface area (Å²) < 4.78 is 0. The van der Waals surface area contributed by atoms with E-state index in [0.29, 0.717) is 5.13 Å². The summed E-state index contributed by atoms with van der Waals surface area (Å²) in [6.45, 7) is 1.80. The molecule has 1 fully saturated rings. The first-order valence-corrected chi connectivity index (χ1v) is 8.46. The van der Waals surface area contributed by atoms with Crippen LogP contribution in [0.15, 0.2) is 30.5 Å². The highest BCUT2D eigenvalue weighted by Crippen LogP contribution is 2.22. The van der Waals surface area contributed by atoms with Gasteiger partial charge in [-0.1, -0.05) is 29.8 Å². The largest absolute Gasteiger partial charge is 0.300 e. The van der Waals surface area contributed by atoms with E-state index < -0.39 is 5.91 Å². The van der Waals surface area contributed by atoms with Crippen molar-refractivity contribution in [2.24, 2.45) is 0 Å². The molecule has 7 heteroatoms. The number of imide groups is 1. The van der Waals surface area contributed by atoms with Crippen LogP contribution in [0.25, 0.3) is 0 Å². The molecule has 6 nitrogen and oxygen atoms in total. The first-order valence-electron chi connectivity index (χ1n) is 7.64. The van der Waals surface area contributed by atoms with Gasteiger partial charge in [0.2, 0.25) is 17.7 Å². The van der Waals surface area contributed by atoms with Gasteiger partial charge in [0.15, 0.2) is 5.13 Å². The van der Waals surface area contributed by atoms with Crippen molar-refractivity contribution in [3.8, 4) is 0 Å². The minimum atomic E-state index is -0.407. The fraction of sp³-hybridized carbons (Fsp3) is 0.294. The molecule has 1 aromatic carbocycles. The lowest BCUT2D eigenvalue weighted by Gasteiger charge is -2.12. The Morgan fingerprint density at radius 3 is 2.75 bits per heavy atom. The molecule has 0 saturated carbocycles. The van der Waals surface area contributed by atoms with Gasteiger partial charge in [0.1, 0.15) is 6.54 Å². The fourth-order valence-corrected chi connectivity index (χ4v) is 3.43. The number of benzene rings is 1. The first kappa shape index (κ1) is 16.3.